The van der Waals surface area contributed by atoms with Crippen LogP contribution in [0.5, 0.6) is 0 Å². The first kappa shape index (κ1) is 17.0. The van der Waals surface area contributed by atoms with Crippen LogP contribution in [0.15, 0.2) is 24.3 Å². The fourth-order valence-corrected chi connectivity index (χ4v) is 2.83. The molecule has 3 nitrogen and oxygen atoms in total. The first-order chi connectivity index (χ1) is 9.08. The Morgan fingerprint density at radius 2 is 2.05 bits per heavy atom. The van der Waals surface area contributed by atoms with Gasteiger partial charge in [-0.3, -0.25) is 4.79 Å². The Morgan fingerprint density at radius 3 is 2.65 bits per heavy atom. The van der Waals surface area contributed by atoms with Gasteiger partial charge in [0.2, 0.25) is 5.91 Å². The molecule has 0 unspecified atom stereocenters. The summed E-state index contributed by atoms with van der Waals surface area (Å²) < 4.78 is 0. The maximum Gasteiger partial charge on any atom is 0.222 e. The lowest BCUT2D eigenvalue weighted by molar-refractivity contribution is -0.131. The Hall–Kier alpha value is -1.06. The highest BCUT2D eigenvalue weighted by Crippen LogP contribution is 2.27. The number of halogens is 1. The van der Waals surface area contributed by atoms with Crippen LogP contribution in [-0.2, 0) is 11.3 Å². The Labute approximate surface area is 127 Å². The molecule has 0 saturated heterocycles. The quantitative estimate of drug-likeness (QED) is 0.928. The molecular formula is C16H25ClN2O. The third kappa shape index (κ3) is 4.22. The molecule has 2 atom stereocenters. The Morgan fingerprint density at radius 1 is 1.35 bits per heavy atom. The number of carbonyl (C=O) groups is 1. The summed E-state index contributed by atoms with van der Waals surface area (Å²) in [5.41, 5.74) is 8.49. The van der Waals surface area contributed by atoms with Crippen molar-refractivity contribution in [1.29, 1.82) is 0 Å². The summed E-state index contributed by atoms with van der Waals surface area (Å²) in [5.74, 6) is 0.595. The van der Waals surface area contributed by atoms with E-state index in [0.29, 0.717) is 18.9 Å². The maximum absolute atomic E-state index is 12.2. The van der Waals surface area contributed by atoms with Gasteiger partial charge in [-0.05, 0) is 36.8 Å². The van der Waals surface area contributed by atoms with Gasteiger partial charge in [-0.1, -0.05) is 30.7 Å². The SMILES string of the molecule is Cc1ccccc1CN(C)C(=O)C[C@@H]1CCC[C@H]1N.Cl. The zero-order valence-corrected chi connectivity index (χ0v) is 13.2. The Balaban J connectivity index is 0.00000200. The average molecular weight is 297 g/mol. The third-order valence-electron chi connectivity index (χ3n) is 4.25. The van der Waals surface area contributed by atoms with Crippen molar-refractivity contribution in [2.75, 3.05) is 7.05 Å². The number of aryl methyl sites for hydroxylation is 1. The van der Waals surface area contributed by atoms with Crippen LogP contribution in [0.3, 0.4) is 0 Å². The van der Waals surface area contributed by atoms with Gasteiger partial charge in [0, 0.05) is 26.1 Å². The van der Waals surface area contributed by atoms with E-state index < -0.39 is 0 Å². The molecule has 1 amide bonds. The first-order valence-corrected chi connectivity index (χ1v) is 7.12. The van der Waals surface area contributed by atoms with Gasteiger partial charge in [-0.2, -0.15) is 0 Å². The van der Waals surface area contributed by atoms with E-state index in [9.17, 15) is 4.79 Å². The summed E-state index contributed by atoms with van der Waals surface area (Å²) in [4.78, 5) is 14.1. The summed E-state index contributed by atoms with van der Waals surface area (Å²) in [6, 6.07) is 8.43. The van der Waals surface area contributed by atoms with E-state index in [1.54, 1.807) is 0 Å². The monoisotopic (exact) mass is 296 g/mol. The molecule has 2 rings (SSSR count). The van der Waals surface area contributed by atoms with Gasteiger partial charge >= 0.3 is 0 Å². The van der Waals surface area contributed by atoms with Crippen molar-refractivity contribution in [3.8, 4) is 0 Å². The van der Waals surface area contributed by atoms with Crippen molar-refractivity contribution in [2.45, 2.75) is 45.2 Å². The number of rotatable bonds is 4. The lowest BCUT2D eigenvalue weighted by Gasteiger charge is -2.22. The normalized spacial score (nSPS) is 21.4. The number of benzene rings is 1. The van der Waals surface area contributed by atoms with E-state index in [0.717, 1.165) is 12.8 Å². The predicted octanol–water partition coefficient (Wildman–Crippen LogP) is 2.89. The summed E-state index contributed by atoms with van der Waals surface area (Å²) in [7, 11) is 1.88. The van der Waals surface area contributed by atoms with E-state index in [-0.39, 0.29) is 24.4 Å². The summed E-state index contributed by atoms with van der Waals surface area (Å²) >= 11 is 0. The predicted molar refractivity (Wildman–Crippen MR) is 84.8 cm³/mol. The third-order valence-corrected chi connectivity index (χ3v) is 4.25. The van der Waals surface area contributed by atoms with Crippen molar-refractivity contribution in [1.82, 2.24) is 4.90 Å². The zero-order valence-electron chi connectivity index (χ0n) is 12.3. The van der Waals surface area contributed by atoms with E-state index in [4.69, 9.17) is 5.73 Å². The standard InChI is InChI=1S/C16H24N2O.ClH/c1-12-6-3-4-7-14(12)11-18(2)16(19)10-13-8-5-9-15(13)17;/h3-4,6-7,13,15H,5,8-11,17H2,1-2H3;1H/t13-,15+;/m0./s1. The molecule has 0 aliphatic heterocycles. The molecule has 112 valence electrons. The second-order valence-electron chi connectivity index (χ2n) is 5.74. The first-order valence-electron chi connectivity index (χ1n) is 7.12. The summed E-state index contributed by atoms with van der Waals surface area (Å²) in [6.45, 7) is 2.77. The lowest BCUT2D eigenvalue weighted by atomic mass is 9.99. The van der Waals surface area contributed by atoms with Crippen LogP contribution >= 0.6 is 12.4 Å². The lowest BCUT2D eigenvalue weighted by Crippen LogP contribution is -2.32. The average Bonchev–Trinajstić information content (AvgIpc) is 2.78. The zero-order chi connectivity index (χ0) is 13.8. The largest absolute Gasteiger partial charge is 0.341 e. The number of nitrogens with zero attached hydrogens (tertiary/aromatic N) is 1. The highest BCUT2D eigenvalue weighted by Gasteiger charge is 2.27. The smallest absolute Gasteiger partial charge is 0.222 e. The van der Waals surface area contributed by atoms with Crippen LogP contribution in [0.4, 0.5) is 0 Å². The van der Waals surface area contributed by atoms with Crippen molar-refractivity contribution in [3.05, 3.63) is 35.4 Å². The van der Waals surface area contributed by atoms with Crippen LogP contribution in [0.25, 0.3) is 0 Å². The number of hydrogen-bond acceptors (Lipinski definition) is 2. The molecule has 1 aromatic carbocycles. The fraction of sp³-hybridized carbons (Fsp3) is 0.562. The van der Waals surface area contributed by atoms with Gasteiger partial charge in [-0.15, -0.1) is 12.4 Å². The number of hydrogen-bond donors (Lipinski definition) is 1. The van der Waals surface area contributed by atoms with Gasteiger partial charge in [0.15, 0.2) is 0 Å². The minimum Gasteiger partial charge on any atom is -0.341 e. The van der Waals surface area contributed by atoms with Crippen molar-refractivity contribution >= 4 is 18.3 Å². The minimum atomic E-state index is 0. The number of carbonyl (C=O) groups excluding carboxylic acids is 1. The molecule has 20 heavy (non-hydrogen) atoms. The molecule has 1 aromatic rings. The molecular weight excluding hydrogens is 272 g/mol. The van der Waals surface area contributed by atoms with Crippen LogP contribution in [-0.4, -0.2) is 23.9 Å². The Kier molecular flexibility index (Phi) is 6.50. The second kappa shape index (κ2) is 7.65. The molecule has 0 spiro atoms. The molecule has 0 radical (unpaired) electrons. The number of nitrogens with two attached hydrogens (primary N) is 1. The number of amides is 1. The van der Waals surface area contributed by atoms with Crippen molar-refractivity contribution in [3.63, 3.8) is 0 Å². The minimum absolute atomic E-state index is 0. The maximum atomic E-state index is 12.2. The van der Waals surface area contributed by atoms with Crippen LogP contribution in [0.1, 0.15) is 36.8 Å². The molecule has 2 N–H and O–H groups in total. The van der Waals surface area contributed by atoms with Crippen LogP contribution in [0, 0.1) is 12.8 Å². The van der Waals surface area contributed by atoms with Crippen LogP contribution in [0.2, 0.25) is 0 Å². The van der Waals surface area contributed by atoms with E-state index >= 15 is 0 Å². The highest BCUT2D eigenvalue weighted by atomic mass is 35.5. The molecule has 0 aromatic heterocycles. The van der Waals surface area contributed by atoms with Gasteiger partial charge in [-0.25, -0.2) is 0 Å². The second-order valence-corrected chi connectivity index (χ2v) is 5.74. The molecule has 1 saturated carbocycles. The fourth-order valence-electron chi connectivity index (χ4n) is 2.83. The summed E-state index contributed by atoms with van der Waals surface area (Å²) in [5, 5.41) is 0. The van der Waals surface area contributed by atoms with Gasteiger partial charge in [0.05, 0.1) is 0 Å². The van der Waals surface area contributed by atoms with Gasteiger partial charge in [0.1, 0.15) is 0 Å². The molecule has 1 aliphatic rings. The van der Waals surface area contributed by atoms with E-state index in [1.165, 1.54) is 17.5 Å². The molecule has 1 fully saturated rings. The van der Waals surface area contributed by atoms with E-state index in [1.807, 2.05) is 24.1 Å². The van der Waals surface area contributed by atoms with Crippen molar-refractivity contribution in [2.24, 2.45) is 11.7 Å². The van der Waals surface area contributed by atoms with Gasteiger partial charge < -0.3 is 10.6 Å². The highest BCUT2D eigenvalue weighted by molar-refractivity contribution is 5.85. The topological polar surface area (TPSA) is 46.3 Å². The summed E-state index contributed by atoms with van der Waals surface area (Å²) in [6.07, 6.45) is 3.94. The van der Waals surface area contributed by atoms with Crippen molar-refractivity contribution < 1.29 is 4.79 Å². The van der Waals surface area contributed by atoms with E-state index in [2.05, 4.69) is 19.1 Å². The molecule has 0 heterocycles. The molecule has 1 aliphatic carbocycles. The Bertz CT molecular complexity index is 450. The van der Waals surface area contributed by atoms with Crippen LogP contribution < -0.4 is 5.73 Å². The molecule has 4 heteroatoms. The molecule has 0 bridgehead atoms. The van der Waals surface area contributed by atoms with Gasteiger partial charge in [0.25, 0.3) is 0 Å².